The van der Waals surface area contributed by atoms with E-state index in [0.717, 1.165) is 12.2 Å². The van der Waals surface area contributed by atoms with Crippen molar-refractivity contribution in [3.05, 3.63) is 42.0 Å². The Morgan fingerprint density at radius 2 is 1.81 bits per heavy atom. The predicted molar refractivity (Wildman–Crippen MR) is 85.3 cm³/mol. The molecule has 1 fully saturated rings. The van der Waals surface area contributed by atoms with Crippen LogP contribution in [0.25, 0.3) is 10.8 Å². The number of hydrogen-bond donors (Lipinski definition) is 0. The van der Waals surface area contributed by atoms with Gasteiger partial charge in [0.05, 0.1) is 19.1 Å². The summed E-state index contributed by atoms with van der Waals surface area (Å²) in [6, 6.07) is 15.2. The molecular formula is C19H21NO. The maximum Gasteiger partial charge on any atom is 0.122 e. The molecule has 0 aromatic heterocycles. The fraction of sp³-hybridized carbons (Fsp3) is 0.421. The minimum absolute atomic E-state index is 0.145. The van der Waals surface area contributed by atoms with Gasteiger partial charge in [-0.05, 0) is 52.6 Å². The highest BCUT2D eigenvalue weighted by Crippen LogP contribution is 2.49. The first-order valence-corrected chi connectivity index (χ1v) is 7.62. The smallest absolute Gasteiger partial charge is 0.122 e. The van der Waals surface area contributed by atoms with E-state index >= 15 is 0 Å². The molecule has 0 N–H and O–H groups in total. The van der Waals surface area contributed by atoms with Gasteiger partial charge in [-0.1, -0.05) is 38.1 Å². The third-order valence-corrected chi connectivity index (χ3v) is 5.09. The third kappa shape index (κ3) is 2.27. The van der Waals surface area contributed by atoms with Crippen LogP contribution >= 0.6 is 0 Å². The summed E-state index contributed by atoms with van der Waals surface area (Å²) < 4.78 is 5.64. The van der Waals surface area contributed by atoms with Crippen LogP contribution < -0.4 is 4.74 Å². The first-order valence-electron chi connectivity index (χ1n) is 7.62. The molecule has 21 heavy (non-hydrogen) atoms. The van der Waals surface area contributed by atoms with Crippen LogP contribution in [0.3, 0.4) is 0 Å². The standard InChI is InChI=1S/C19H21NO/c1-12-8-16(13(2)18(12)11-20)17-9-14-6-4-5-7-15(14)10-19(17)21-3/h4-7,9-10,12-13,16,18H,8H2,1-3H3. The van der Waals surface area contributed by atoms with Crippen molar-refractivity contribution in [2.45, 2.75) is 26.2 Å². The Balaban J connectivity index is 2.10. The van der Waals surface area contributed by atoms with Crippen LogP contribution in [0.5, 0.6) is 5.75 Å². The lowest BCUT2D eigenvalue weighted by molar-refractivity contribution is 0.391. The van der Waals surface area contributed by atoms with Gasteiger partial charge in [-0.2, -0.15) is 5.26 Å². The highest BCUT2D eigenvalue weighted by molar-refractivity contribution is 5.85. The van der Waals surface area contributed by atoms with Gasteiger partial charge >= 0.3 is 0 Å². The van der Waals surface area contributed by atoms with Gasteiger partial charge in [0, 0.05) is 0 Å². The van der Waals surface area contributed by atoms with E-state index in [9.17, 15) is 5.26 Å². The first-order chi connectivity index (χ1) is 10.2. The van der Waals surface area contributed by atoms with Crippen molar-refractivity contribution in [3.63, 3.8) is 0 Å². The van der Waals surface area contributed by atoms with E-state index in [1.165, 1.54) is 16.3 Å². The quantitative estimate of drug-likeness (QED) is 0.795. The minimum Gasteiger partial charge on any atom is -0.496 e. The van der Waals surface area contributed by atoms with Crippen molar-refractivity contribution in [2.24, 2.45) is 17.8 Å². The fourth-order valence-corrected chi connectivity index (χ4v) is 3.89. The highest BCUT2D eigenvalue weighted by Gasteiger charge is 2.40. The number of methoxy groups -OCH3 is 1. The Morgan fingerprint density at radius 3 is 2.38 bits per heavy atom. The van der Waals surface area contributed by atoms with E-state index in [4.69, 9.17) is 4.74 Å². The summed E-state index contributed by atoms with van der Waals surface area (Å²) in [5, 5.41) is 11.8. The van der Waals surface area contributed by atoms with Gasteiger partial charge in [-0.3, -0.25) is 0 Å². The van der Waals surface area contributed by atoms with Gasteiger partial charge in [0.2, 0.25) is 0 Å². The number of benzene rings is 2. The molecule has 3 rings (SSSR count). The number of hydrogen-bond acceptors (Lipinski definition) is 2. The molecule has 2 aromatic rings. The SMILES string of the molecule is COc1cc2ccccc2cc1C1CC(C)C(C#N)C1C. The molecule has 4 unspecified atom stereocenters. The van der Waals surface area contributed by atoms with E-state index in [0.29, 0.717) is 17.8 Å². The van der Waals surface area contributed by atoms with Gasteiger partial charge in [-0.25, -0.2) is 0 Å². The van der Waals surface area contributed by atoms with Gasteiger partial charge in [0.25, 0.3) is 0 Å². The zero-order valence-electron chi connectivity index (χ0n) is 12.8. The Hall–Kier alpha value is -2.01. The van der Waals surface area contributed by atoms with Crippen molar-refractivity contribution in [2.75, 3.05) is 7.11 Å². The maximum absolute atomic E-state index is 9.39. The lowest BCUT2D eigenvalue weighted by atomic mass is 9.85. The van der Waals surface area contributed by atoms with Gasteiger partial charge < -0.3 is 4.74 Å². The van der Waals surface area contributed by atoms with Gasteiger partial charge in [-0.15, -0.1) is 0 Å². The van der Waals surface area contributed by atoms with Crippen LogP contribution in [-0.2, 0) is 0 Å². The molecule has 1 aliphatic rings. The molecule has 0 spiro atoms. The second kappa shape index (κ2) is 5.41. The number of fused-ring (bicyclic) bond motifs is 1. The monoisotopic (exact) mass is 279 g/mol. The molecular weight excluding hydrogens is 258 g/mol. The number of nitrogens with zero attached hydrogens (tertiary/aromatic N) is 1. The summed E-state index contributed by atoms with van der Waals surface area (Å²) in [5.74, 6) is 2.33. The molecule has 2 heteroatoms. The lowest BCUT2D eigenvalue weighted by Gasteiger charge is -2.20. The van der Waals surface area contributed by atoms with Crippen LogP contribution in [0.4, 0.5) is 0 Å². The largest absolute Gasteiger partial charge is 0.496 e. The molecule has 4 atom stereocenters. The van der Waals surface area contributed by atoms with Crippen molar-refractivity contribution in [1.82, 2.24) is 0 Å². The van der Waals surface area contributed by atoms with Crippen molar-refractivity contribution < 1.29 is 4.74 Å². The summed E-state index contributed by atoms with van der Waals surface area (Å²) in [5.41, 5.74) is 1.26. The maximum atomic E-state index is 9.39. The Morgan fingerprint density at radius 1 is 1.14 bits per heavy atom. The zero-order valence-corrected chi connectivity index (χ0v) is 12.8. The summed E-state index contributed by atoms with van der Waals surface area (Å²) in [6.07, 6.45) is 1.06. The fourth-order valence-electron chi connectivity index (χ4n) is 3.89. The van der Waals surface area contributed by atoms with Crippen LogP contribution in [0.15, 0.2) is 36.4 Å². The number of ether oxygens (including phenoxy) is 1. The molecule has 2 nitrogen and oxygen atoms in total. The molecule has 2 aromatic carbocycles. The van der Waals surface area contributed by atoms with Crippen molar-refractivity contribution in [3.8, 4) is 11.8 Å². The normalized spacial score (nSPS) is 28.5. The topological polar surface area (TPSA) is 33.0 Å². The van der Waals surface area contributed by atoms with Crippen LogP contribution in [0.2, 0.25) is 0 Å². The predicted octanol–water partition coefficient (Wildman–Crippen LogP) is 4.75. The molecule has 1 aliphatic carbocycles. The summed E-state index contributed by atoms with van der Waals surface area (Å²) in [4.78, 5) is 0. The zero-order chi connectivity index (χ0) is 15.0. The molecule has 0 aliphatic heterocycles. The molecule has 108 valence electrons. The van der Waals surface area contributed by atoms with Gasteiger partial charge in [0.15, 0.2) is 0 Å². The molecule has 0 radical (unpaired) electrons. The van der Waals surface area contributed by atoms with E-state index in [2.05, 4.69) is 50.2 Å². The number of rotatable bonds is 2. The molecule has 0 saturated heterocycles. The van der Waals surface area contributed by atoms with E-state index in [-0.39, 0.29) is 5.92 Å². The van der Waals surface area contributed by atoms with Gasteiger partial charge in [0.1, 0.15) is 5.75 Å². The molecule has 0 amide bonds. The third-order valence-electron chi connectivity index (χ3n) is 5.09. The Kier molecular flexibility index (Phi) is 3.59. The van der Waals surface area contributed by atoms with E-state index in [1.54, 1.807) is 7.11 Å². The molecule has 0 heterocycles. The minimum atomic E-state index is 0.145. The second-order valence-electron chi connectivity index (χ2n) is 6.27. The second-order valence-corrected chi connectivity index (χ2v) is 6.27. The lowest BCUT2D eigenvalue weighted by Crippen LogP contribution is -2.11. The average Bonchev–Trinajstić information content (AvgIpc) is 2.80. The average molecular weight is 279 g/mol. The first kappa shape index (κ1) is 13.9. The van der Waals surface area contributed by atoms with E-state index < -0.39 is 0 Å². The summed E-state index contributed by atoms with van der Waals surface area (Å²) >= 11 is 0. The number of nitriles is 1. The molecule has 0 bridgehead atoms. The summed E-state index contributed by atoms with van der Waals surface area (Å²) in [7, 11) is 1.73. The summed E-state index contributed by atoms with van der Waals surface area (Å²) in [6.45, 7) is 4.40. The Bertz CT molecular complexity index is 700. The Labute approximate surface area is 126 Å². The van der Waals surface area contributed by atoms with Crippen LogP contribution in [-0.4, -0.2) is 7.11 Å². The van der Waals surface area contributed by atoms with Crippen LogP contribution in [0, 0.1) is 29.1 Å². The van der Waals surface area contributed by atoms with E-state index in [1.807, 2.05) is 6.07 Å². The van der Waals surface area contributed by atoms with Crippen LogP contribution in [0.1, 0.15) is 31.7 Å². The highest BCUT2D eigenvalue weighted by atomic mass is 16.5. The molecule has 1 saturated carbocycles. The van der Waals surface area contributed by atoms with Crippen molar-refractivity contribution in [1.29, 1.82) is 5.26 Å². The van der Waals surface area contributed by atoms with Crippen molar-refractivity contribution >= 4 is 10.8 Å².